The lowest BCUT2D eigenvalue weighted by atomic mass is 10.2. The Morgan fingerprint density at radius 1 is 1.23 bits per heavy atom. The monoisotopic (exact) mass is 313 g/mol. The molecule has 1 N–H and O–H groups in total. The highest BCUT2D eigenvalue weighted by molar-refractivity contribution is 6.31. The Morgan fingerprint density at radius 3 is 2.68 bits per heavy atom. The Kier molecular flexibility index (Phi) is 3.65. The van der Waals surface area contributed by atoms with Gasteiger partial charge >= 0.3 is 0 Å². The second-order valence-corrected chi connectivity index (χ2v) is 5.21. The van der Waals surface area contributed by atoms with Crippen molar-refractivity contribution in [3.05, 3.63) is 69.2 Å². The van der Waals surface area contributed by atoms with Gasteiger partial charge in [-0.25, -0.2) is 4.98 Å². The fourth-order valence-electron chi connectivity index (χ4n) is 2.08. The van der Waals surface area contributed by atoms with E-state index in [1.54, 1.807) is 49.4 Å². The van der Waals surface area contributed by atoms with Crippen LogP contribution < -0.4 is 5.56 Å². The molecule has 3 aromatic rings. The summed E-state index contributed by atoms with van der Waals surface area (Å²) in [5.41, 5.74) is 1.07. The predicted molar refractivity (Wildman–Crippen MR) is 86.8 cm³/mol. The fraction of sp³-hybridized carbons (Fsp3) is 0.0625. The van der Waals surface area contributed by atoms with Crippen LogP contribution in [0.4, 0.5) is 0 Å². The number of aromatic hydroxyl groups is 1. The topological polar surface area (TPSA) is 67.5 Å². The minimum absolute atomic E-state index is 0.174. The van der Waals surface area contributed by atoms with E-state index in [-0.39, 0.29) is 11.3 Å². The molecule has 1 aromatic heterocycles. The van der Waals surface area contributed by atoms with Crippen LogP contribution in [0.2, 0.25) is 5.02 Å². The summed E-state index contributed by atoms with van der Waals surface area (Å²) in [4.78, 5) is 16.8. The molecule has 0 saturated carbocycles. The maximum Gasteiger partial charge on any atom is 0.282 e. The molecule has 0 aliphatic rings. The molecule has 22 heavy (non-hydrogen) atoms. The first-order chi connectivity index (χ1) is 10.5. The number of aryl methyl sites for hydroxylation is 1. The maximum atomic E-state index is 12.5. The summed E-state index contributed by atoms with van der Waals surface area (Å²) >= 11 is 5.93. The normalized spacial score (nSPS) is 11.4. The van der Waals surface area contributed by atoms with Crippen molar-refractivity contribution in [1.82, 2.24) is 9.66 Å². The summed E-state index contributed by atoms with van der Waals surface area (Å²) in [6.07, 6.45) is 1.53. The van der Waals surface area contributed by atoms with Gasteiger partial charge < -0.3 is 5.11 Å². The quantitative estimate of drug-likeness (QED) is 0.740. The highest BCUT2D eigenvalue weighted by atomic mass is 35.5. The molecular formula is C16H12ClN3O2. The van der Waals surface area contributed by atoms with Gasteiger partial charge in [0.25, 0.3) is 5.56 Å². The van der Waals surface area contributed by atoms with E-state index < -0.39 is 0 Å². The summed E-state index contributed by atoms with van der Waals surface area (Å²) in [6.45, 7) is 1.71. The number of halogens is 1. The number of hydrogen-bond donors (Lipinski definition) is 1. The number of rotatable bonds is 2. The Hall–Kier alpha value is -2.66. The lowest BCUT2D eigenvalue weighted by molar-refractivity contribution is 0.475. The molecule has 0 unspecified atom stereocenters. The van der Waals surface area contributed by atoms with Crippen molar-refractivity contribution in [2.75, 3.05) is 0 Å². The highest BCUT2D eigenvalue weighted by Gasteiger charge is 2.07. The Balaban J connectivity index is 2.10. The molecule has 0 bridgehead atoms. The van der Waals surface area contributed by atoms with Gasteiger partial charge in [-0.2, -0.15) is 9.78 Å². The zero-order valence-electron chi connectivity index (χ0n) is 11.7. The molecule has 0 aliphatic heterocycles. The van der Waals surface area contributed by atoms with Gasteiger partial charge in [-0.15, -0.1) is 0 Å². The number of fused-ring (bicyclic) bond motifs is 1. The van der Waals surface area contributed by atoms with Crippen LogP contribution in [0.5, 0.6) is 5.75 Å². The van der Waals surface area contributed by atoms with Crippen molar-refractivity contribution in [1.29, 1.82) is 0 Å². The van der Waals surface area contributed by atoms with E-state index >= 15 is 0 Å². The van der Waals surface area contributed by atoms with Gasteiger partial charge in [0.2, 0.25) is 0 Å². The first kappa shape index (κ1) is 14.3. The number of phenols is 1. The average molecular weight is 314 g/mol. The van der Waals surface area contributed by atoms with Crippen molar-refractivity contribution in [3.63, 3.8) is 0 Å². The number of nitrogens with zero attached hydrogens (tertiary/aromatic N) is 3. The molecule has 0 aliphatic carbocycles. The van der Waals surface area contributed by atoms with Gasteiger partial charge in [0.1, 0.15) is 11.6 Å². The standard InChI is InChI=1S/C16H12ClN3O2/c1-10-19-15-7-4-12(17)8-14(15)16(22)20(10)18-9-11-2-5-13(21)6-3-11/h2-9,21H,1H3. The van der Waals surface area contributed by atoms with Crippen molar-refractivity contribution >= 4 is 28.7 Å². The minimum Gasteiger partial charge on any atom is -0.508 e. The van der Waals surface area contributed by atoms with Crippen LogP contribution in [0, 0.1) is 6.92 Å². The molecule has 0 spiro atoms. The summed E-state index contributed by atoms with van der Waals surface area (Å²) in [5, 5.41) is 14.3. The molecule has 5 nitrogen and oxygen atoms in total. The number of hydrogen-bond acceptors (Lipinski definition) is 4. The third-order valence-electron chi connectivity index (χ3n) is 3.19. The van der Waals surface area contributed by atoms with Crippen molar-refractivity contribution < 1.29 is 5.11 Å². The first-order valence-corrected chi connectivity index (χ1v) is 6.95. The van der Waals surface area contributed by atoms with Crippen LogP contribution in [0.25, 0.3) is 10.9 Å². The van der Waals surface area contributed by atoms with Crippen LogP contribution in [-0.4, -0.2) is 21.0 Å². The second-order valence-electron chi connectivity index (χ2n) is 4.77. The molecule has 2 aromatic carbocycles. The molecular weight excluding hydrogens is 302 g/mol. The zero-order chi connectivity index (χ0) is 15.7. The zero-order valence-corrected chi connectivity index (χ0v) is 12.4. The lowest BCUT2D eigenvalue weighted by Gasteiger charge is -2.05. The SMILES string of the molecule is Cc1nc2ccc(Cl)cc2c(=O)n1N=Cc1ccc(O)cc1. The lowest BCUT2D eigenvalue weighted by Crippen LogP contribution is -2.20. The van der Waals surface area contributed by atoms with Crippen LogP contribution in [0.3, 0.4) is 0 Å². The summed E-state index contributed by atoms with van der Waals surface area (Å²) in [6, 6.07) is 11.5. The van der Waals surface area contributed by atoms with Crippen molar-refractivity contribution in [2.24, 2.45) is 5.10 Å². The third kappa shape index (κ3) is 2.71. The second kappa shape index (κ2) is 5.61. The van der Waals surface area contributed by atoms with Gasteiger partial charge in [0.05, 0.1) is 17.1 Å². The van der Waals surface area contributed by atoms with Crippen LogP contribution in [-0.2, 0) is 0 Å². The summed E-state index contributed by atoms with van der Waals surface area (Å²) in [5.74, 6) is 0.655. The van der Waals surface area contributed by atoms with Crippen molar-refractivity contribution in [2.45, 2.75) is 6.92 Å². The Bertz CT molecular complexity index is 931. The van der Waals surface area contributed by atoms with E-state index in [0.717, 1.165) is 5.56 Å². The molecule has 0 radical (unpaired) electrons. The number of phenolic OH excluding ortho intramolecular Hbond substituents is 1. The van der Waals surface area contributed by atoms with Gasteiger partial charge in [-0.1, -0.05) is 11.6 Å². The third-order valence-corrected chi connectivity index (χ3v) is 3.42. The van der Waals surface area contributed by atoms with Crippen LogP contribution in [0.1, 0.15) is 11.4 Å². The van der Waals surface area contributed by atoms with Crippen molar-refractivity contribution in [3.8, 4) is 5.75 Å². The van der Waals surface area contributed by atoms with E-state index in [4.69, 9.17) is 11.6 Å². The number of benzene rings is 2. The van der Waals surface area contributed by atoms with E-state index in [0.29, 0.717) is 21.7 Å². The van der Waals surface area contributed by atoms with Gasteiger partial charge in [-0.3, -0.25) is 4.79 Å². The summed E-state index contributed by atoms with van der Waals surface area (Å²) in [7, 11) is 0. The smallest absolute Gasteiger partial charge is 0.282 e. The average Bonchev–Trinajstić information content (AvgIpc) is 2.50. The molecule has 110 valence electrons. The Labute approximate surface area is 131 Å². The molecule has 0 fully saturated rings. The van der Waals surface area contributed by atoms with Gasteiger partial charge in [0, 0.05) is 5.02 Å². The highest BCUT2D eigenvalue weighted by Crippen LogP contribution is 2.15. The first-order valence-electron chi connectivity index (χ1n) is 6.57. The largest absolute Gasteiger partial charge is 0.508 e. The Morgan fingerprint density at radius 2 is 1.95 bits per heavy atom. The van der Waals surface area contributed by atoms with Gasteiger partial charge in [-0.05, 0) is 55.0 Å². The minimum atomic E-state index is -0.278. The number of aromatic nitrogens is 2. The van der Waals surface area contributed by atoms with E-state index in [1.807, 2.05) is 0 Å². The molecule has 3 rings (SSSR count). The van der Waals surface area contributed by atoms with E-state index in [9.17, 15) is 9.90 Å². The van der Waals surface area contributed by atoms with E-state index in [2.05, 4.69) is 10.1 Å². The maximum absolute atomic E-state index is 12.5. The molecule has 6 heteroatoms. The molecule has 0 saturated heterocycles. The molecule has 1 heterocycles. The predicted octanol–water partition coefficient (Wildman–Crippen LogP) is 2.95. The molecule has 0 atom stereocenters. The van der Waals surface area contributed by atoms with Crippen LogP contribution >= 0.6 is 11.6 Å². The van der Waals surface area contributed by atoms with Gasteiger partial charge in [0.15, 0.2) is 0 Å². The summed E-state index contributed by atoms with van der Waals surface area (Å²) < 4.78 is 1.23. The fourth-order valence-corrected chi connectivity index (χ4v) is 2.25. The van der Waals surface area contributed by atoms with E-state index in [1.165, 1.54) is 10.9 Å². The van der Waals surface area contributed by atoms with Crippen LogP contribution in [0.15, 0.2) is 52.4 Å². The molecule has 0 amide bonds.